The molecule has 3 aromatic carbocycles. The average molecular weight is 429 g/mol. The molecule has 0 bridgehead atoms. The van der Waals surface area contributed by atoms with E-state index in [1.807, 2.05) is 94.4 Å². The molecule has 0 aliphatic carbocycles. The van der Waals surface area contributed by atoms with Gasteiger partial charge < -0.3 is 5.32 Å². The third-order valence-corrected chi connectivity index (χ3v) is 6.48. The van der Waals surface area contributed by atoms with Crippen LogP contribution in [0.5, 0.6) is 0 Å². The molecule has 4 rings (SSSR count). The predicted octanol–water partition coefficient (Wildman–Crippen LogP) is 5.91. The molecule has 156 valence electrons. The maximum atomic E-state index is 13.5. The molecule has 1 aliphatic rings. The fraction of sp³-hybridized carbons (Fsp3) is 0.154. The number of hydrogen-bond donors (Lipinski definition) is 1. The van der Waals surface area contributed by atoms with Crippen molar-refractivity contribution in [3.8, 4) is 0 Å². The molecule has 1 heterocycles. The Labute approximate surface area is 187 Å². The first-order valence-electron chi connectivity index (χ1n) is 10.1. The predicted molar refractivity (Wildman–Crippen MR) is 127 cm³/mol. The standard InChI is InChI=1S/C26H24N2O2S/c1-16-11-13-21(14-12-16)31-24-23(27-20-9-5-7-17(2)15-20)25(29)28(26(24)30)22-10-6-8-18(3)19(22)4/h5-15,27H,1-4H3. The van der Waals surface area contributed by atoms with E-state index >= 15 is 0 Å². The van der Waals surface area contributed by atoms with Crippen LogP contribution in [0.15, 0.2) is 82.2 Å². The summed E-state index contributed by atoms with van der Waals surface area (Å²) >= 11 is 1.32. The van der Waals surface area contributed by atoms with Crippen LogP contribution in [-0.4, -0.2) is 11.8 Å². The summed E-state index contributed by atoms with van der Waals surface area (Å²) in [4.78, 5) is 29.6. The van der Waals surface area contributed by atoms with Crippen LogP contribution in [-0.2, 0) is 9.59 Å². The average Bonchev–Trinajstić information content (AvgIpc) is 2.96. The summed E-state index contributed by atoms with van der Waals surface area (Å²) in [5.41, 5.74) is 5.87. The molecule has 0 aromatic heterocycles. The maximum Gasteiger partial charge on any atom is 0.283 e. The van der Waals surface area contributed by atoms with Crippen molar-refractivity contribution >= 4 is 35.0 Å². The summed E-state index contributed by atoms with van der Waals surface area (Å²) in [5, 5.41) is 3.22. The number of thioether (sulfide) groups is 1. The van der Waals surface area contributed by atoms with Crippen molar-refractivity contribution in [1.29, 1.82) is 0 Å². The third-order valence-electron chi connectivity index (χ3n) is 5.39. The van der Waals surface area contributed by atoms with Crippen molar-refractivity contribution in [2.24, 2.45) is 0 Å². The topological polar surface area (TPSA) is 49.4 Å². The van der Waals surface area contributed by atoms with Crippen LogP contribution < -0.4 is 10.2 Å². The van der Waals surface area contributed by atoms with Crippen molar-refractivity contribution in [3.05, 3.63) is 99.6 Å². The highest BCUT2D eigenvalue weighted by atomic mass is 32.2. The fourth-order valence-corrected chi connectivity index (χ4v) is 4.43. The first-order chi connectivity index (χ1) is 14.8. The molecule has 0 atom stereocenters. The smallest absolute Gasteiger partial charge is 0.283 e. The van der Waals surface area contributed by atoms with E-state index in [0.717, 1.165) is 32.8 Å². The van der Waals surface area contributed by atoms with Gasteiger partial charge in [0.2, 0.25) is 0 Å². The zero-order valence-electron chi connectivity index (χ0n) is 18.0. The highest BCUT2D eigenvalue weighted by Gasteiger charge is 2.40. The van der Waals surface area contributed by atoms with Gasteiger partial charge in [-0.25, -0.2) is 4.90 Å². The van der Waals surface area contributed by atoms with Crippen molar-refractivity contribution in [1.82, 2.24) is 0 Å². The minimum Gasteiger partial charge on any atom is -0.350 e. The van der Waals surface area contributed by atoms with E-state index in [1.54, 1.807) is 0 Å². The zero-order chi connectivity index (χ0) is 22.1. The number of anilines is 2. The Morgan fingerprint density at radius 3 is 2.19 bits per heavy atom. The minimum atomic E-state index is -0.338. The summed E-state index contributed by atoms with van der Waals surface area (Å²) in [6, 6.07) is 21.4. The van der Waals surface area contributed by atoms with Crippen molar-refractivity contribution in [2.45, 2.75) is 32.6 Å². The van der Waals surface area contributed by atoms with E-state index in [2.05, 4.69) is 5.32 Å². The summed E-state index contributed by atoms with van der Waals surface area (Å²) in [5.74, 6) is -0.644. The van der Waals surface area contributed by atoms with E-state index in [4.69, 9.17) is 0 Å². The number of benzene rings is 3. The summed E-state index contributed by atoms with van der Waals surface area (Å²) < 4.78 is 0. The molecule has 1 N–H and O–H groups in total. The lowest BCUT2D eigenvalue weighted by atomic mass is 10.1. The third kappa shape index (κ3) is 4.14. The van der Waals surface area contributed by atoms with Gasteiger partial charge >= 0.3 is 0 Å². The molecule has 0 saturated carbocycles. The first-order valence-corrected chi connectivity index (χ1v) is 10.9. The summed E-state index contributed by atoms with van der Waals surface area (Å²) in [6.07, 6.45) is 0. The molecule has 4 nitrogen and oxygen atoms in total. The molecule has 0 unspecified atom stereocenters. The van der Waals surface area contributed by atoms with Gasteiger partial charge in [-0.3, -0.25) is 9.59 Å². The molecule has 3 aromatic rings. The molecule has 31 heavy (non-hydrogen) atoms. The van der Waals surface area contributed by atoms with Gasteiger partial charge in [0, 0.05) is 10.6 Å². The van der Waals surface area contributed by atoms with Gasteiger partial charge in [-0.1, -0.05) is 53.7 Å². The van der Waals surface area contributed by atoms with Crippen LogP contribution in [0, 0.1) is 27.7 Å². The largest absolute Gasteiger partial charge is 0.350 e. The summed E-state index contributed by atoms with van der Waals surface area (Å²) in [7, 11) is 0. The lowest BCUT2D eigenvalue weighted by molar-refractivity contribution is -0.120. The van der Waals surface area contributed by atoms with E-state index in [9.17, 15) is 9.59 Å². The molecule has 1 aliphatic heterocycles. The van der Waals surface area contributed by atoms with E-state index < -0.39 is 0 Å². The lowest BCUT2D eigenvalue weighted by Crippen LogP contribution is -2.33. The number of hydrogen-bond acceptors (Lipinski definition) is 4. The van der Waals surface area contributed by atoms with Crippen LogP contribution in [0.25, 0.3) is 0 Å². The second-order valence-electron chi connectivity index (χ2n) is 7.78. The molecule has 5 heteroatoms. The Morgan fingerprint density at radius 1 is 0.774 bits per heavy atom. The van der Waals surface area contributed by atoms with Gasteiger partial charge in [-0.15, -0.1) is 0 Å². The van der Waals surface area contributed by atoms with Crippen molar-refractivity contribution in [3.63, 3.8) is 0 Å². The number of nitrogens with zero attached hydrogens (tertiary/aromatic N) is 1. The minimum absolute atomic E-state index is 0.306. The maximum absolute atomic E-state index is 13.5. The zero-order valence-corrected chi connectivity index (χ0v) is 18.8. The van der Waals surface area contributed by atoms with Gasteiger partial charge in [0.1, 0.15) is 10.6 Å². The highest BCUT2D eigenvalue weighted by Crippen LogP contribution is 2.39. The monoisotopic (exact) mass is 428 g/mol. The molecule has 0 fully saturated rings. The van der Waals surface area contributed by atoms with Gasteiger partial charge in [0.15, 0.2) is 0 Å². The quantitative estimate of drug-likeness (QED) is 0.513. The van der Waals surface area contributed by atoms with Crippen LogP contribution in [0.3, 0.4) is 0 Å². The molecule has 0 radical (unpaired) electrons. The number of nitrogens with one attached hydrogen (secondary N) is 1. The molecular weight excluding hydrogens is 404 g/mol. The number of rotatable bonds is 5. The molecular formula is C26H24N2O2S. The van der Waals surface area contributed by atoms with Crippen LogP contribution in [0.1, 0.15) is 22.3 Å². The van der Waals surface area contributed by atoms with Gasteiger partial charge in [-0.2, -0.15) is 0 Å². The fourth-order valence-electron chi connectivity index (χ4n) is 3.50. The van der Waals surface area contributed by atoms with Crippen molar-refractivity contribution < 1.29 is 9.59 Å². The van der Waals surface area contributed by atoms with E-state index in [1.165, 1.54) is 16.7 Å². The Kier molecular flexibility index (Phi) is 5.70. The Hall–Kier alpha value is -3.31. The molecule has 0 saturated heterocycles. The van der Waals surface area contributed by atoms with Crippen LogP contribution >= 0.6 is 11.8 Å². The summed E-state index contributed by atoms with van der Waals surface area (Å²) in [6.45, 7) is 7.92. The van der Waals surface area contributed by atoms with E-state index in [-0.39, 0.29) is 11.8 Å². The molecule has 0 spiro atoms. The number of aryl methyl sites for hydroxylation is 3. The Bertz CT molecular complexity index is 1210. The van der Waals surface area contributed by atoms with Crippen LogP contribution in [0.2, 0.25) is 0 Å². The number of imide groups is 1. The molecule has 2 amide bonds. The van der Waals surface area contributed by atoms with Gasteiger partial charge in [-0.05, 0) is 74.7 Å². The normalized spacial score (nSPS) is 13.9. The van der Waals surface area contributed by atoms with Crippen molar-refractivity contribution in [2.75, 3.05) is 10.2 Å². The van der Waals surface area contributed by atoms with Gasteiger partial charge in [0.25, 0.3) is 11.8 Å². The van der Waals surface area contributed by atoms with E-state index in [0.29, 0.717) is 16.3 Å². The number of amides is 2. The second kappa shape index (κ2) is 8.44. The number of carbonyl (C=O) groups is 2. The number of carbonyl (C=O) groups excluding carboxylic acids is 2. The lowest BCUT2D eigenvalue weighted by Gasteiger charge is -2.19. The SMILES string of the molecule is Cc1ccc(SC2=C(Nc3cccc(C)c3)C(=O)N(c3cccc(C)c3C)C2=O)cc1. The Morgan fingerprint density at radius 2 is 1.48 bits per heavy atom. The van der Waals surface area contributed by atoms with Gasteiger partial charge in [0.05, 0.1) is 5.69 Å². The first kappa shape index (κ1) is 20.9. The Balaban J connectivity index is 1.78. The van der Waals surface area contributed by atoms with Crippen LogP contribution in [0.4, 0.5) is 11.4 Å². The highest BCUT2D eigenvalue weighted by molar-refractivity contribution is 8.04. The second-order valence-corrected chi connectivity index (χ2v) is 8.86.